The summed E-state index contributed by atoms with van der Waals surface area (Å²) in [5, 5.41) is 9.65. The summed E-state index contributed by atoms with van der Waals surface area (Å²) < 4.78 is 26.8. The van der Waals surface area contributed by atoms with E-state index in [1.54, 1.807) is 36.4 Å². The van der Waals surface area contributed by atoms with E-state index >= 15 is 0 Å². The van der Waals surface area contributed by atoms with Crippen LogP contribution < -0.4 is 0 Å². The zero-order valence-electron chi connectivity index (χ0n) is 12.0. The smallest absolute Gasteiger partial charge is 0.243 e. The fourth-order valence-corrected chi connectivity index (χ4v) is 4.07. The first-order valence-corrected chi connectivity index (χ1v) is 8.20. The van der Waals surface area contributed by atoms with Crippen LogP contribution in [-0.4, -0.2) is 17.8 Å². The van der Waals surface area contributed by atoms with Gasteiger partial charge in [0.15, 0.2) is 0 Å². The molecule has 110 valence electrons. The lowest BCUT2D eigenvalue weighted by Crippen LogP contribution is -2.25. The SMILES string of the molecule is Cc1ccc(S(=O)(=O)N2Cc3cc(O)cc(C)c3C2)cc1. The number of benzene rings is 2. The Morgan fingerprint density at radius 3 is 2.38 bits per heavy atom. The largest absolute Gasteiger partial charge is 0.508 e. The second-order valence-corrected chi connectivity index (χ2v) is 7.42. The van der Waals surface area contributed by atoms with Gasteiger partial charge in [0, 0.05) is 13.1 Å². The number of nitrogens with zero attached hydrogens (tertiary/aromatic N) is 1. The van der Waals surface area contributed by atoms with Crippen molar-refractivity contribution >= 4 is 10.0 Å². The number of fused-ring (bicyclic) bond motifs is 1. The lowest BCUT2D eigenvalue weighted by atomic mass is 10.0. The predicted octanol–water partition coefficient (Wildman–Crippen LogP) is 2.71. The summed E-state index contributed by atoms with van der Waals surface area (Å²) in [6.45, 7) is 4.48. The van der Waals surface area contributed by atoms with E-state index in [9.17, 15) is 13.5 Å². The Kier molecular flexibility index (Phi) is 3.26. The van der Waals surface area contributed by atoms with Crippen molar-refractivity contribution in [2.75, 3.05) is 0 Å². The predicted molar refractivity (Wildman–Crippen MR) is 80.5 cm³/mol. The fourth-order valence-electron chi connectivity index (χ4n) is 2.69. The molecule has 0 unspecified atom stereocenters. The summed E-state index contributed by atoms with van der Waals surface area (Å²) in [7, 11) is -3.50. The van der Waals surface area contributed by atoms with Gasteiger partial charge in [-0.1, -0.05) is 17.7 Å². The van der Waals surface area contributed by atoms with Crippen LogP contribution in [0.3, 0.4) is 0 Å². The standard InChI is InChI=1S/C16H17NO3S/c1-11-3-5-15(6-4-11)21(19,20)17-9-13-8-14(18)7-12(2)16(13)10-17/h3-8,18H,9-10H2,1-2H3. The van der Waals surface area contributed by atoms with E-state index in [0.29, 0.717) is 18.0 Å². The second kappa shape index (κ2) is 4.86. The molecule has 1 N–H and O–H groups in total. The first-order valence-electron chi connectivity index (χ1n) is 6.76. The van der Waals surface area contributed by atoms with E-state index in [2.05, 4.69) is 0 Å². The molecular formula is C16H17NO3S. The summed E-state index contributed by atoms with van der Waals surface area (Å²) in [6.07, 6.45) is 0. The van der Waals surface area contributed by atoms with Gasteiger partial charge in [0.1, 0.15) is 5.75 Å². The number of rotatable bonds is 2. The van der Waals surface area contributed by atoms with E-state index in [1.165, 1.54) is 4.31 Å². The Hall–Kier alpha value is -1.85. The summed E-state index contributed by atoms with van der Waals surface area (Å²) in [5.41, 5.74) is 3.82. The van der Waals surface area contributed by atoms with E-state index in [0.717, 1.165) is 22.3 Å². The van der Waals surface area contributed by atoms with E-state index in [4.69, 9.17) is 0 Å². The third-order valence-electron chi connectivity index (χ3n) is 3.89. The summed E-state index contributed by atoms with van der Waals surface area (Å²) >= 11 is 0. The molecule has 0 saturated heterocycles. The molecule has 1 aliphatic rings. The van der Waals surface area contributed by atoms with Crippen molar-refractivity contribution in [2.24, 2.45) is 0 Å². The molecule has 0 aliphatic carbocycles. The molecule has 1 heterocycles. The lowest BCUT2D eigenvalue weighted by Gasteiger charge is -2.15. The zero-order valence-corrected chi connectivity index (χ0v) is 12.8. The number of sulfonamides is 1. The molecule has 5 heteroatoms. The Morgan fingerprint density at radius 1 is 1.05 bits per heavy atom. The van der Waals surface area contributed by atoms with Gasteiger partial charge < -0.3 is 5.11 Å². The van der Waals surface area contributed by atoms with Crippen LogP contribution in [0.15, 0.2) is 41.3 Å². The molecule has 0 atom stereocenters. The minimum atomic E-state index is -3.50. The van der Waals surface area contributed by atoms with Gasteiger partial charge in [-0.15, -0.1) is 0 Å². The van der Waals surface area contributed by atoms with Crippen LogP contribution in [0.2, 0.25) is 0 Å². The molecule has 0 fully saturated rings. The van der Waals surface area contributed by atoms with Crippen LogP contribution in [0.5, 0.6) is 5.75 Å². The van der Waals surface area contributed by atoms with Crippen LogP contribution in [0, 0.1) is 13.8 Å². The van der Waals surface area contributed by atoms with Gasteiger partial charge in [0.05, 0.1) is 4.90 Å². The topological polar surface area (TPSA) is 57.6 Å². The van der Waals surface area contributed by atoms with Gasteiger partial charge in [0.25, 0.3) is 0 Å². The second-order valence-electron chi connectivity index (χ2n) is 5.49. The molecule has 2 aromatic carbocycles. The summed E-state index contributed by atoms with van der Waals surface area (Å²) in [6, 6.07) is 10.2. The Bertz CT molecular complexity index is 795. The highest BCUT2D eigenvalue weighted by Crippen LogP contribution is 2.33. The van der Waals surface area contributed by atoms with Crippen LogP contribution >= 0.6 is 0 Å². The van der Waals surface area contributed by atoms with Crippen molar-refractivity contribution in [1.82, 2.24) is 4.31 Å². The van der Waals surface area contributed by atoms with Crippen molar-refractivity contribution < 1.29 is 13.5 Å². The third-order valence-corrected chi connectivity index (χ3v) is 5.70. The highest BCUT2D eigenvalue weighted by molar-refractivity contribution is 7.89. The van der Waals surface area contributed by atoms with Crippen LogP contribution in [-0.2, 0) is 23.1 Å². The van der Waals surface area contributed by atoms with Gasteiger partial charge in [-0.05, 0) is 54.8 Å². The van der Waals surface area contributed by atoms with Gasteiger partial charge >= 0.3 is 0 Å². The average Bonchev–Trinajstić information content (AvgIpc) is 2.84. The fraction of sp³-hybridized carbons (Fsp3) is 0.250. The van der Waals surface area contributed by atoms with Gasteiger partial charge in [-0.3, -0.25) is 0 Å². The summed E-state index contributed by atoms with van der Waals surface area (Å²) in [5.74, 6) is 0.181. The van der Waals surface area contributed by atoms with Gasteiger partial charge in [-0.2, -0.15) is 4.31 Å². The Morgan fingerprint density at radius 2 is 1.71 bits per heavy atom. The van der Waals surface area contributed by atoms with Crippen molar-refractivity contribution in [2.45, 2.75) is 31.8 Å². The number of phenolic OH excluding ortho intramolecular Hbond substituents is 1. The maximum atomic E-state index is 12.7. The minimum absolute atomic E-state index is 0.181. The minimum Gasteiger partial charge on any atom is -0.508 e. The van der Waals surface area contributed by atoms with Gasteiger partial charge in [-0.25, -0.2) is 8.42 Å². The quantitative estimate of drug-likeness (QED) is 0.928. The highest BCUT2D eigenvalue weighted by Gasteiger charge is 2.31. The van der Waals surface area contributed by atoms with E-state index < -0.39 is 10.0 Å². The normalized spacial score (nSPS) is 15.1. The van der Waals surface area contributed by atoms with Crippen LogP contribution in [0.4, 0.5) is 0 Å². The number of phenols is 1. The Labute approximate surface area is 124 Å². The molecule has 0 bridgehead atoms. The molecular weight excluding hydrogens is 286 g/mol. The van der Waals surface area contributed by atoms with Gasteiger partial charge in [0.2, 0.25) is 10.0 Å². The molecule has 0 amide bonds. The molecule has 0 radical (unpaired) electrons. The van der Waals surface area contributed by atoms with E-state index in [1.807, 2.05) is 13.8 Å². The maximum Gasteiger partial charge on any atom is 0.243 e. The molecule has 4 nitrogen and oxygen atoms in total. The molecule has 2 aromatic rings. The Balaban J connectivity index is 1.97. The van der Waals surface area contributed by atoms with E-state index in [-0.39, 0.29) is 5.75 Å². The average molecular weight is 303 g/mol. The number of aromatic hydroxyl groups is 1. The first kappa shape index (κ1) is 14.1. The molecule has 21 heavy (non-hydrogen) atoms. The summed E-state index contributed by atoms with van der Waals surface area (Å²) in [4.78, 5) is 0.308. The van der Waals surface area contributed by atoms with Crippen molar-refractivity contribution in [1.29, 1.82) is 0 Å². The van der Waals surface area contributed by atoms with Crippen molar-refractivity contribution in [3.63, 3.8) is 0 Å². The molecule has 0 spiro atoms. The van der Waals surface area contributed by atoms with Crippen molar-refractivity contribution in [3.05, 3.63) is 58.7 Å². The number of aryl methyl sites for hydroxylation is 2. The monoisotopic (exact) mass is 303 g/mol. The maximum absolute atomic E-state index is 12.7. The molecule has 0 aromatic heterocycles. The van der Waals surface area contributed by atoms with Crippen LogP contribution in [0.1, 0.15) is 22.3 Å². The molecule has 3 rings (SSSR count). The third kappa shape index (κ3) is 2.43. The first-order chi connectivity index (χ1) is 9.88. The number of hydrogen-bond acceptors (Lipinski definition) is 3. The molecule has 0 saturated carbocycles. The van der Waals surface area contributed by atoms with Crippen LogP contribution in [0.25, 0.3) is 0 Å². The lowest BCUT2D eigenvalue weighted by molar-refractivity contribution is 0.431. The highest BCUT2D eigenvalue weighted by atomic mass is 32.2. The zero-order chi connectivity index (χ0) is 15.2. The molecule has 1 aliphatic heterocycles. The van der Waals surface area contributed by atoms with Crippen molar-refractivity contribution in [3.8, 4) is 5.75 Å². The number of hydrogen-bond donors (Lipinski definition) is 1.